The largest absolute Gasteiger partial charge is 0.344 e. The number of amides is 2. The lowest BCUT2D eigenvalue weighted by molar-refractivity contribution is -0.140. The quantitative estimate of drug-likeness (QED) is 0.551. The van der Waals surface area contributed by atoms with Gasteiger partial charge in [0.2, 0.25) is 0 Å². The van der Waals surface area contributed by atoms with Crippen molar-refractivity contribution in [2.75, 3.05) is 6.54 Å². The second-order valence-electron chi connectivity index (χ2n) is 6.95. The first-order valence-electron chi connectivity index (χ1n) is 9.24. The Morgan fingerprint density at radius 2 is 1.93 bits per heavy atom. The van der Waals surface area contributed by atoms with Gasteiger partial charge in [0.15, 0.2) is 5.03 Å². The van der Waals surface area contributed by atoms with Crippen molar-refractivity contribution >= 4 is 21.9 Å². The summed E-state index contributed by atoms with van der Waals surface area (Å²) in [5.74, 6) is -0.243. The number of carbonyl (C=O) groups excluding carboxylic acids is 1. The van der Waals surface area contributed by atoms with Gasteiger partial charge in [-0.2, -0.15) is 13.5 Å². The van der Waals surface area contributed by atoms with Crippen molar-refractivity contribution in [2.45, 2.75) is 36.6 Å². The van der Waals surface area contributed by atoms with E-state index >= 15 is 0 Å². The maximum absolute atomic E-state index is 12.8. The molecule has 2 saturated heterocycles. The maximum Gasteiger partial charge on any atom is 0.344 e. The average Bonchev–Trinajstić information content (AvgIpc) is 2.97. The Labute approximate surface area is 168 Å². The predicted octanol–water partition coefficient (Wildman–Crippen LogP) is 1.74. The summed E-state index contributed by atoms with van der Waals surface area (Å²) >= 11 is 0. The van der Waals surface area contributed by atoms with E-state index < -0.39 is 16.1 Å². The SMILES string of the molecule is N=C(NS(=O)(=O)c1ccccn1)[C@@H]1CC[C@@H]2CN1C(=O)N2OCc1ccccc1. The van der Waals surface area contributed by atoms with Crippen LogP contribution in [0.3, 0.4) is 0 Å². The minimum Gasteiger partial charge on any atom is -0.311 e. The highest BCUT2D eigenvalue weighted by molar-refractivity contribution is 7.90. The van der Waals surface area contributed by atoms with Crippen LogP contribution in [-0.2, 0) is 21.5 Å². The number of hydrogen-bond donors (Lipinski definition) is 2. The molecule has 2 fully saturated rings. The van der Waals surface area contributed by atoms with Crippen LogP contribution < -0.4 is 4.72 Å². The Bertz CT molecular complexity index is 1000. The van der Waals surface area contributed by atoms with Crippen LogP contribution in [-0.4, -0.2) is 53.9 Å². The molecule has 1 aromatic carbocycles. The summed E-state index contributed by atoms with van der Waals surface area (Å²) in [6.45, 7) is 0.664. The number of hydrogen-bond acceptors (Lipinski definition) is 6. The standard InChI is InChI=1S/C19H21N5O4S/c20-18(22-29(26,27)17-8-4-5-11-21-17)16-10-9-15-12-23(16)19(25)24(15)28-13-14-6-2-1-3-7-14/h1-8,11,15-16H,9-10,12-13H2,(H2,20,22)/t15-,16+/m1/s1. The zero-order chi connectivity index (χ0) is 20.4. The monoisotopic (exact) mass is 415 g/mol. The van der Waals surface area contributed by atoms with Crippen molar-refractivity contribution in [2.24, 2.45) is 0 Å². The Morgan fingerprint density at radius 3 is 2.66 bits per heavy atom. The number of sulfonamides is 1. The van der Waals surface area contributed by atoms with Crippen LogP contribution in [0.1, 0.15) is 18.4 Å². The number of rotatable bonds is 6. The number of pyridine rings is 1. The highest BCUT2D eigenvalue weighted by Gasteiger charge is 2.47. The third-order valence-corrected chi connectivity index (χ3v) is 6.31. The average molecular weight is 415 g/mol. The van der Waals surface area contributed by atoms with Gasteiger partial charge in [0.05, 0.1) is 12.1 Å². The third-order valence-electron chi connectivity index (χ3n) is 5.03. The summed E-state index contributed by atoms with van der Waals surface area (Å²) in [5.41, 5.74) is 0.948. The van der Waals surface area contributed by atoms with Crippen molar-refractivity contribution in [1.29, 1.82) is 5.41 Å². The van der Waals surface area contributed by atoms with Crippen LogP contribution in [0.2, 0.25) is 0 Å². The first-order valence-corrected chi connectivity index (χ1v) is 10.7. The Morgan fingerprint density at radius 1 is 1.17 bits per heavy atom. The number of nitrogens with one attached hydrogen (secondary N) is 2. The Kier molecular flexibility index (Phi) is 5.20. The number of benzene rings is 1. The first-order chi connectivity index (χ1) is 14.0. The van der Waals surface area contributed by atoms with Gasteiger partial charge in [-0.15, -0.1) is 0 Å². The highest BCUT2D eigenvalue weighted by atomic mass is 32.2. The summed E-state index contributed by atoms with van der Waals surface area (Å²) in [4.78, 5) is 23.8. The van der Waals surface area contributed by atoms with Crippen molar-refractivity contribution < 1.29 is 18.0 Å². The zero-order valence-electron chi connectivity index (χ0n) is 15.6. The van der Waals surface area contributed by atoms with E-state index in [-0.39, 0.29) is 29.5 Å². The molecule has 2 amide bonds. The van der Waals surface area contributed by atoms with Crippen LogP contribution in [0.15, 0.2) is 59.8 Å². The van der Waals surface area contributed by atoms with Gasteiger partial charge in [-0.1, -0.05) is 36.4 Å². The number of hydroxylamine groups is 2. The van der Waals surface area contributed by atoms with Crippen LogP contribution in [0.5, 0.6) is 0 Å². The molecular formula is C19H21N5O4S. The van der Waals surface area contributed by atoms with E-state index in [0.29, 0.717) is 19.4 Å². The van der Waals surface area contributed by atoms with Gasteiger partial charge in [0.25, 0.3) is 10.0 Å². The smallest absolute Gasteiger partial charge is 0.311 e. The van der Waals surface area contributed by atoms with Gasteiger partial charge >= 0.3 is 6.03 Å². The van der Waals surface area contributed by atoms with Crippen molar-refractivity contribution in [3.63, 3.8) is 0 Å². The second-order valence-corrected chi connectivity index (χ2v) is 8.58. The molecule has 2 aliphatic rings. The minimum atomic E-state index is -3.97. The van der Waals surface area contributed by atoms with Gasteiger partial charge in [0.1, 0.15) is 12.4 Å². The number of piperidine rings is 1. The van der Waals surface area contributed by atoms with Gasteiger partial charge in [-0.25, -0.2) is 9.78 Å². The molecule has 152 valence electrons. The molecule has 0 aliphatic carbocycles. The molecule has 4 rings (SSSR count). The lowest BCUT2D eigenvalue weighted by Gasteiger charge is -2.30. The molecule has 1 aromatic heterocycles. The van der Waals surface area contributed by atoms with Crippen molar-refractivity contribution in [3.05, 3.63) is 60.3 Å². The van der Waals surface area contributed by atoms with Crippen LogP contribution >= 0.6 is 0 Å². The van der Waals surface area contributed by atoms with E-state index in [1.165, 1.54) is 22.2 Å². The topological polar surface area (TPSA) is 116 Å². The third kappa shape index (κ3) is 3.94. The summed E-state index contributed by atoms with van der Waals surface area (Å²) in [6, 6.07) is 12.9. The molecule has 0 saturated carbocycles. The van der Waals surface area contributed by atoms with E-state index in [0.717, 1.165) is 5.56 Å². The molecule has 0 spiro atoms. The van der Waals surface area contributed by atoms with Crippen molar-refractivity contribution in [3.8, 4) is 0 Å². The molecule has 9 nitrogen and oxygen atoms in total. The number of urea groups is 1. The van der Waals surface area contributed by atoms with E-state index in [1.807, 2.05) is 30.3 Å². The number of amidine groups is 1. The van der Waals surface area contributed by atoms with E-state index in [9.17, 15) is 13.2 Å². The minimum absolute atomic E-state index is 0.109. The van der Waals surface area contributed by atoms with Crippen LogP contribution in [0.4, 0.5) is 4.79 Å². The summed E-state index contributed by atoms with van der Waals surface area (Å²) < 4.78 is 27.1. The predicted molar refractivity (Wildman–Crippen MR) is 104 cm³/mol. The van der Waals surface area contributed by atoms with E-state index in [2.05, 4.69) is 9.71 Å². The Balaban J connectivity index is 1.42. The summed E-state index contributed by atoms with van der Waals surface area (Å²) in [6.07, 6.45) is 2.47. The zero-order valence-corrected chi connectivity index (χ0v) is 16.4. The number of fused-ring (bicyclic) bond motifs is 2. The van der Waals surface area contributed by atoms with E-state index in [4.69, 9.17) is 10.2 Å². The van der Waals surface area contributed by atoms with Crippen LogP contribution in [0.25, 0.3) is 0 Å². The molecule has 2 aromatic rings. The molecule has 10 heteroatoms. The highest BCUT2D eigenvalue weighted by Crippen LogP contribution is 2.30. The molecule has 2 bridgehead atoms. The molecule has 2 atom stereocenters. The number of aromatic nitrogens is 1. The number of carbonyl (C=O) groups is 1. The molecule has 29 heavy (non-hydrogen) atoms. The van der Waals surface area contributed by atoms with Gasteiger partial charge in [0, 0.05) is 12.7 Å². The molecule has 0 radical (unpaired) electrons. The fourth-order valence-corrected chi connectivity index (χ4v) is 4.57. The Hall–Kier alpha value is -2.98. The fourth-order valence-electron chi connectivity index (χ4n) is 3.59. The summed E-state index contributed by atoms with van der Waals surface area (Å²) in [7, 11) is -3.97. The first kappa shape index (κ1) is 19.3. The molecular weight excluding hydrogens is 394 g/mol. The molecule has 3 heterocycles. The van der Waals surface area contributed by atoms with Gasteiger partial charge in [-0.05, 0) is 30.5 Å². The second kappa shape index (κ2) is 7.80. The summed E-state index contributed by atoms with van der Waals surface area (Å²) in [5, 5.41) is 9.45. The lowest BCUT2D eigenvalue weighted by Crippen LogP contribution is -2.50. The molecule has 2 aliphatic heterocycles. The van der Waals surface area contributed by atoms with Gasteiger partial charge < -0.3 is 4.90 Å². The maximum atomic E-state index is 12.8. The number of nitrogens with zero attached hydrogens (tertiary/aromatic N) is 3. The van der Waals surface area contributed by atoms with Gasteiger partial charge in [-0.3, -0.25) is 15.0 Å². The lowest BCUT2D eigenvalue weighted by atomic mass is 10.0. The fraction of sp³-hybridized carbons (Fsp3) is 0.316. The van der Waals surface area contributed by atoms with E-state index in [1.54, 1.807) is 12.1 Å². The van der Waals surface area contributed by atoms with Crippen molar-refractivity contribution in [1.82, 2.24) is 19.7 Å². The van der Waals surface area contributed by atoms with Crippen LogP contribution in [0, 0.1) is 5.41 Å². The normalized spacial score (nSPS) is 21.3. The molecule has 0 unspecified atom stereocenters. The molecule has 2 N–H and O–H groups in total.